The molecule has 34 heavy (non-hydrogen) atoms. The van der Waals surface area contributed by atoms with Crippen molar-refractivity contribution in [2.24, 2.45) is 5.92 Å². The number of likely N-dealkylation sites (tertiary alicyclic amines) is 1. The Hall–Kier alpha value is -2.13. The van der Waals surface area contributed by atoms with E-state index >= 15 is 0 Å². The first kappa shape index (κ1) is 25.0. The molecule has 0 spiro atoms. The van der Waals surface area contributed by atoms with Crippen LogP contribution in [0.15, 0.2) is 53.4 Å². The molecule has 0 aromatic heterocycles. The highest BCUT2D eigenvalue weighted by Crippen LogP contribution is 2.44. The fourth-order valence-corrected chi connectivity index (χ4v) is 7.34. The Bertz CT molecular complexity index is 1110. The fourth-order valence-electron chi connectivity index (χ4n) is 5.27. The van der Waals surface area contributed by atoms with Gasteiger partial charge in [0.1, 0.15) is 5.82 Å². The standard InChI is InChI=1S/C26H32FNO5S/c1-32-26(33-2)18-22(34(30,31)24-8-4-3-7-23(24)26)6-5-15-28-16-13-20(14-17-28)25(29)19-9-11-21(27)12-10-19/h3-4,7-12,20,22H,5-6,13-18H2,1-2H3. The molecule has 1 saturated heterocycles. The number of carbonyl (C=O) groups is 1. The third-order valence-corrected chi connectivity index (χ3v) is 9.54. The molecule has 184 valence electrons. The lowest BCUT2D eigenvalue weighted by Gasteiger charge is -2.40. The number of piperidine rings is 1. The maximum Gasteiger partial charge on any atom is 0.196 e. The zero-order valence-electron chi connectivity index (χ0n) is 19.7. The molecule has 0 N–H and O–H groups in total. The van der Waals surface area contributed by atoms with Crippen molar-refractivity contribution in [2.75, 3.05) is 33.9 Å². The number of ketones is 1. The van der Waals surface area contributed by atoms with Crippen molar-refractivity contribution in [1.29, 1.82) is 0 Å². The summed E-state index contributed by atoms with van der Waals surface area (Å²) in [6, 6.07) is 12.7. The van der Waals surface area contributed by atoms with E-state index in [1.165, 1.54) is 12.1 Å². The smallest absolute Gasteiger partial charge is 0.196 e. The van der Waals surface area contributed by atoms with Crippen LogP contribution in [0.4, 0.5) is 4.39 Å². The number of nitrogens with zero attached hydrogens (tertiary/aromatic N) is 1. The van der Waals surface area contributed by atoms with Gasteiger partial charge in [0.2, 0.25) is 0 Å². The summed E-state index contributed by atoms with van der Waals surface area (Å²) in [6.45, 7) is 2.36. The maximum atomic E-state index is 13.3. The molecule has 2 aliphatic heterocycles. The van der Waals surface area contributed by atoms with Gasteiger partial charge in [-0.1, -0.05) is 18.2 Å². The van der Waals surface area contributed by atoms with Crippen molar-refractivity contribution >= 4 is 15.6 Å². The lowest BCUT2D eigenvalue weighted by Crippen LogP contribution is -2.44. The maximum absolute atomic E-state index is 13.3. The molecule has 8 heteroatoms. The number of hydrogen-bond donors (Lipinski definition) is 0. The Labute approximate surface area is 201 Å². The van der Waals surface area contributed by atoms with Crippen LogP contribution in [0.5, 0.6) is 0 Å². The molecular formula is C26H32FNO5S. The van der Waals surface area contributed by atoms with E-state index in [1.54, 1.807) is 50.6 Å². The molecule has 1 unspecified atom stereocenters. The molecule has 4 rings (SSSR count). The zero-order valence-corrected chi connectivity index (χ0v) is 20.5. The third kappa shape index (κ3) is 4.82. The van der Waals surface area contributed by atoms with Crippen molar-refractivity contribution in [2.45, 2.75) is 48.0 Å². The molecular weight excluding hydrogens is 457 g/mol. The van der Waals surface area contributed by atoms with Crippen LogP contribution in [0.2, 0.25) is 0 Å². The zero-order chi connectivity index (χ0) is 24.3. The van der Waals surface area contributed by atoms with Crippen LogP contribution in [-0.2, 0) is 25.1 Å². The van der Waals surface area contributed by atoms with E-state index in [1.807, 2.05) is 0 Å². The average Bonchev–Trinajstić information content (AvgIpc) is 2.86. The summed E-state index contributed by atoms with van der Waals surface area (Å²) in [4.78, 5) is 15.3. The first-order valence-electron chi connectivity index (χ1n) is 11.8. The van der Waals surface area contributed by atoms with Crippen molar-refractivity contribution < 1.29 is 27.1 Å². The summed E-state index contributed by atoms with van der Waals surface area (Å²) in [5.74, 6) is -1.39. The van der Waals surface area contributed by atoms with Crippen molar-refractivity contribution in [3.8, 4) is 0 Å². The topological polar surface area (TPSA) is 72.9 Å². The summed E-state index contributed by atoms with van der Waals surface area (Å²) in [6.07, 6.45) is 3.00. The minimum atomic E-state index is -3.48. The monoisotopic (exact) mass is 489 g/mol. The largest absolute Gasteiger partial charge is 0.349 e. The van der Waals surface area contributed by atoms with Gasteiger partial charge in [0.15, 0.2) is 21.4 Å². The summed E-state index contributed by atoms with van der Waals surface area (Å²) in [5, 5.41) is -0.583. The second-order valence-electron chi connectivity index (χ2n) is 9.16. The summed E-state index contributed by atoms with van der Waals surface area (Å²) >= 11 is 0. The second-order valence-corrected chi connectivity index (χ2v) is 11.4. The number of carbonyl (C=O) groups excluding carboxylic acids is 1. The van der Waals surface area contributed by atoms with Gasteiger partial charge in [0.05, 0.1) is 10.1 Å². The minimum absolute atomic E-state index is 0.0547. The number of Topliss-reactive ketones (excluding diaryl/α,β-unsaturated/α-hetero) is 1. The van der Waals surface area contributed by atoms with Crippen LogP contribution in [0.1, 0.15) is 48.0 Å². The van der Waals surface area contributed by atoms with Gasteiger partial charge in [-0.15, -0.1) is 0 Å². The van der Waals surface area contributed by atoms with Gasteiger partial charge in [-0.2, -0.15) is 0 Å². The molecule has 2 aromatic rings. The van der Waals surface area contributed by atoms with Crippen molar-refractivity contribution in [1.82, 2.24) is 4.90 Å². The number of fused-ring (bicyclic) bond motifs is 1. The molecule has 0 aliphatic carbocycles. The van der Waals surface area contributed by atoms with Crippen LogP contribution in [0.3, 0.4) is 0 Å². The number of sulfone groups is 1. The van der Waals surface area contributed by atoms with Crippen LogP contribution in [0.25, 0.3) is 0 Å². The average molecular weight is 490 g/mol. The fraction of sp³-hybridized carbons (Fsp3) is 0.500. The van der Waals surface area contributed by atoms with Gasteiger partial charge in [0, 0.05) is 37.7 Å². The van der Waals surface area contributed by atoms with Gasteiger partial charge in [-0.3, -0.25) is 4.79 Å². The molecule has 2 heterocycles. The highest BCUT2D eigenvalue weighted by atomic mass is 32.2. The predicted molar refractivity (Wildman–Crippen MR) is 127 cm³/mol. The molecule has 1 fully saturated rings. The summed E-state index contributed by atoms with van der Waals surface area (Å²) in [5.41, 5.74) is 1.12. The predicted octanol–water partition coefficient (Wildman–Crippen LogP) is 4.19. The van der Waals surface area contributed by atoms with Gasteiger partial charge in [0.25, 0.3) is 0 Å². The van der Waals surface area contributed by atoms with Crippen LogP contribution < -0.4 is 0 Å². The summed E-state index contributed by atoms with van der Waals surface area (Å²) < 4.78 is 51.1. The van der Waals surface area contributed by atoms with E-state index in [-0.39, 0.29) is 28.8 Å². The molecule has 2 aliphatic rings. The van der Waals surface area contributed by atoms with E-state index in [0.29, 0.717) is 17.5 Å². The molecule has 6 nitrogen and oxygen atoms in total. The molecule has 0 saturated carbocycles. The van der Waals surface area contributed by atoms with Gasteiger partial charge in [-0.05, 0) is 75.6 Å². The highest BCUT2D eigenvalue weighted by Gasteiger charge is 2.48. The Kier molecular flexibility index (Phi) is 7.52. The van der Waals surface area contributed by atoms with Crippen molar-refractivity contribution in [3.63, 3.8) is 0 Å². The first-order valence-corrected chi connectivity index (χ1v) is 13.3. The number of methoxy groups -OCH3 is 2. The van der Waals surface area contributed by atoms with E-state index < -0.39 is 20.9 Å². The van der Waals surface area contributed by atoms with E-state index in [0.717, 1.165) is 38.9 Å². The number of hydrogen-bond acceptors (Lipinski definition) is 6. The SMILES string of the molecule is COC1(OC)CC(CCCN2CCC(C(=O)c3ccc(F)cc3)CC2)S(=O)(=O)c2ccccc21. The minimum Gasteiger partial charge on any atom is -0.349 e. The number of rotatable bonds is 8. The Morgan fingerprint density at radius 1 is 1.06 bits per heavy atom. The number of benzene rings is 2. The normalized spacial score (nSPS) is 22.3. The molecule has 1 atom stereocenters. The van der Waals surface area contributed by atoms with E-state index in [2.05, 4.69) is 4.90 Å². The van der Waals surface area contributed by atoms with Gasteiger partial charge < -0.3 is 14.4 Å². The van der Waals surface area contributed by atoms with E-state index in [4.69, 9.17) is 9.47 Å². The highest BCUT2D eigenvalue weighted by molar-refractivity contribution is 7.92. The molecule has 0 radical (unpaired) electrons. The van der Waals surface area contributed by atoms with Gasteiger partial charge >= 0.3 is 0 Å². The van der Waals surface area contributed by atoms with Crippen LogP contribution in [-0.4, -0.2) is 58.2 Å². The molecule has 0 amide bonds. The Morgan fingerprint density at radius 3 is 2.35 bits per heavy atom. The van der Waals surface area contributed by atoms with Gasteiger partial charge in [-0.25, -0.2) is 12.8 Å². The Balaban J connectivity index is 1.33. The first-order chi connectivity index (χ1) is 16.3. The molecule has 2 aromatic carbocycles. The lowest BCUT2D eigenvalue weighted by atomic mass is 9.89. The lowest BCUT2D eigenvalue weighted by molar-refractivity contribution is -0.223. The Morgan fingerprint density at radius 2 is 1.71 bits per heavy atom. The quantitative estimate of drug-likeness (QED) is 0.409. The van der Waals surface area contributed by atoms with Crippen LogP contribution >= 0.6 is 0 Å². The summed E-state index contributed by atoms with van der Waals surface area (Å²) in [7, 11) is -0.384. The molecule has 0 bridgehead atoms. The van der Waals surface area contributed by atoms with E-state index in [9.17, 15) is 17.6 Å². The van der Waals surface area contributed by atoms with Crippen LogP contribution in [0, 0.1) is 11.7 Å². The number of halogens is 1. The second kappa shape index (κ2) is 10.2. The number of ether oxygens (including phenoxy) is 2. The van der Waals surface area contributed by atoms with Crippen molar-refractivity contribution in [3.05, 3.63) is 65.5 Å². The third-order valence-electron chi connectivity index (χ3n) is 7.29.